The predicted octanol–water partition coefficient (Wildman–Crippen LogP) is 6.16. The first-order chi connectivity index (χ1) is 11.3. The maximum absolute atomic E-state index is 12.9. The number of aromatic nitrogens is 1. The molecule has 4 heteroatoms. The van der Waals surface area contributed by atoms with Crippen LogP contribution in [0.3, 0.4) is 0 Å². The molecule has 124 valence electrons. The maximum Gasteiger partial charge on any atom is 0.419 e. The molecule has 0 aliphatic carbocycles. The van der Waals surface area contributed by atoms with Gasteiger partial charge in [-0.3, -0.25) is 0 Å². The van der Waals surface area contributed by atoms with Gasteiger partial charge in [-0.15, -0.1) is 0 Å². The predicted molar refractivity (Wildman–Crippen MR) is 101 cm³/mol. The fourth-order valence-corrected chi connectivity index (χ4v) is 3.13. The molecule has 0 amide bonds. The van der Waals surface area contributed by atoms with Gasteiger partial charge in [0.15, 0.2) is 0 Å². The van der Waals surface area contributed by atoms with Gasteiger partial charge in [0.1, 0.15) is 5.60 Å². The molecular weight excluding hydrogens is 366 g/mol. The van der Waals surface area contributed by atoms with Crippen molar-refractivity contribution in [2.45, 2.75) is 33.3 Å². The van der Waals surface area contributed by atoms with E-state index < -0.39 is 5.60 Å². The van der Waals surface area contributed by atoms with Gasteiger partial charge in [0, 0.05) is 15.4 Å². The lowest BCUT2D eigenvalue weighted by atomic mass is 10.1. The van der Waals surface area contributed by atoms with Crippen molar-refractivity contribution >= 4 is 32.9 Å². The van der Waals surface area contributed by atoms with Crippen LogP contribution in [0.1, 0.15) is 26.3 Å². The number of carbonyl (C=O) groups is 1. The van der Waals surface area contributed by atoms with Crippen LogP contribution in [0, 0.1) is 6.92 Å². The molecular formula is C20H20BrNO2. The number of carbonyl (C=O) groups excluding carboxylic acids is 1. The third-order valence-electron chi connectivity index (χ3n) is 3.76. The van der Waals surface area contributed by atoms with E-state index >= 15 is 0 Å². The number of benzene rings is 2. The molecule has 0 aliphatic heterocycles. The molecule has 2 aromatic carbocycles. The van der Waals surface area contributed by atoms with Crippen LogP contribution in [-0.2, 0) is 4.74 Å². The Kier molecular flexibility index (Phi) is 4.26. The van der Waals surface area contributed by atoms with Crippen LogP contribution in [0.15, 0.2) is 53.0 Å². The third-order valence-corrected chi connectivity index (χ3v) is 4.25. The Balaban J connectivity index is 2.26. The highest BCUT2D eigenvalue weighted by Gasteiger charge is 2.23. The van der Waals surface area contributed by atoms with Crippen molar-refractivity contribution in [3.05, 3.63) is 58.6 Å². The fraction of sp³-hybridized carbons (Fsp3) is 0.250. The quantitative estimate of drug-likeness (QED) is 0.501. The minimum absolute atomic E-state index is 0.363. The van der Waals surface area contributed by atoms with Crippen LogP contribution in [-0.4, -0.2) is 16.3 Å². The molecule has 1 heterocycles. The minimum atomic E-state index is -0.550. The van der Waals surface area contributed by atoms with E-state index in [1.165, 1.54) is 0 Å². The zero-order valence-electron chi connectivity index (χ0n) is 14.3. The second kappa shape index (κ2) is 6.10. The topological polar surface area (TPSA) is 31.2 Å². The molecule has 3 aromatic rings. The average Bonchev–Trinajstić information content (AvgIpc) is 2.84. The lowest BCUT2D eigenvalue weighted by molar-refractivity contribution is 0.0547. The summed E-state index contributed by atoms with van der Waals surface area (Å²) in [6.45, 7) is 7.67. The standard InChI is InChI=1S/C20H20BrNO2/c1-13-7-5-6-8-16(13)18-12-14-11-15(21)9-10-17(14)22(18)19(23)24-20(2,3)4/h5-12H,1-4H3. The number of rotatable bonds is 1. The highest BCUT2D eigenvalue weighted by molar-refractivity contribution is 9.10. The van der Waals surface area contributed by atoms with Crippen LogP contribution in [0.5, 0.6) is 0 Å². The summed E-state index contributed by atoms with van der Waals surface area (Å²) in [5.41, 5.74) is 3.27. The lowest BCUT2D eigenvalue weighted by Gasteiger charge is -2.21. The maximum atomic E-state index is 12.9. The molecule has 0 spiro atoms. The summed E-state index contributed by atoms with van der Waals surface area (Å²) < 4.78 is 8.28. The van der Waals surface area contributed by atoms with Crippen molar-refractivity contribution in [2.24, 2.45) is 0 Å². The van der Waals surface area contributed by atoms with Crippen LogP contribution in [0.25, 0.3) is 22.2 Å². The molecule has 24 heavy (non-hydrogen) atoms. The summed E-state index contributed by atoms with van der Waals surface area (Å²) in [4.78, 5) is 12.9. The molecule has 0 aliphatic rings. The molecule has 0 atom stereocenters. The molecule has 0 radical (unpaired) electrons. The van der Waals surface area contributed by atoms with Crippen molar-refractivity contribution in [1.29, 1.82) is 0 Å². The van der Waals surface area contributed by atoms with Crippen molar-refractivity contribution in [3.63, 3.8) is 0 Å². The number of hydrogen-bond donors (Lipinski definition) is 0. The molecule has 0 unspecified atom stereocenters. The molecule has 0 N–H and O–H groups in total. The van der Waals surface area contributed by atoms with Crippen molar-refractivity contribution in [2.75, 3.05) is 0 Å². The van der Waals surface area contributed by atoms with E-state index in [0.29, 0.717) is 0 Å². The number of fused-ring (bicyclic) bond motifs is 1. The van der Waals surface area contributed by atoms with Crippen molar-refractivity contribution in [1.82, 2.24) is 4.57 Å². The number of hydrogen-bond acceptors (Lipinski definition) is 2. The Labute approximate surface area is 150 Å². The molecule has 3 nitrogen and oxygen atoms in total. The lowest BCUT2D eigenvalue weighted by Crippen LogP contribution is -2.27. The zero-order chi connectivity index (χ0) is 17.5. The molecule has 0 bridgehead atoms. The van der Waals surface area contributed by atoms with Crippen LogP contribution in [0.2, 0.25) is 0 Å². The Morgan fingerprint density at radius 3 is 2.46 bits per heavy atom. The monoisotopic (exact) mass is 385 g/mol. The van der Waals surface area contributed by atoms with E-state index in [0.717, 1.165) is 32.2 Å². The van der Waals surface area contributed by atoms with Crippen LogP contribution >= 0.6 is 15.9 Å². The van der Waals surface area contributed by atoms with E-state index in [-0.39, 0.29) is 6.09 Å². The number of ether oxygens (including phenoxy) is 1. The van der Waals surface area contributed by atoms with Gasteiger partial charge in [-0.1, -0.05) is 40.2 Å². The minimum Gasteiger partial charge on any atom is -0.443 e. The van der Waals surface area contributed by atoms with E-state index in [9.17, 15) is 4.79 Å². The number of aryl methyl sites for hydroxylation is 1. The summed E-state index contributed by atoms with van der Waals surface area (Å²) in [7, 11) is 0. The molecule has 0 saturated carbocycles. The zero-order valence-corrected chi connectivity index (χ0v) is 15.8. The first-order valence-electron chi connectivity index (χ1n) is 7.86. The van der Waals surface area contributed by atoms with Gasteiger partial charge >= 0.3 is 6.09 Å². The average molecular weight is 386 g/mol. The van der Waals surface area contributed by atoms with Gasteiger partial charge < -0.3 is 4.74 Å². The van der Waals surface area contributed by atoms with E-state index in [4.69, 9.17) is 4.74 Å². The summed E-state index contributed by atoms with van der Waals surface area (Å²) in [6.07, 6.45) is -0.363. The first kappa shape index (κ1) is 16.8. The largest absolute Gasteiger partial charge is 0.443 e. The Bertz CT molecular complexity index is 919. The molecule has 1 aromatic heterocycles. The van der Waals surface area contributed by atoms with Crippen molar-refractivity contribution in [3.8, 4) is 11.3 Å². The van der Waals surface area contributed by atoms with E-state index in [1.54, 1.807) is 4.57 Å². The number of halogens is 1. The van der Waals surface area contributed by atoms with Gasteiger partial charge in [0.2, 0.25) is 0 Å². The van der Waals surface area contributed by atoms with Gasteiger partial charge in [0.05, 0.1) is 11.2 Å². The molecule has 3 rings (SSSR count). The van der Waals surface area contributed by atoms with E-state index in [2.05, 4.69) is 15.9 Å². The highest BCUT2D eigenvalue weighted by Crippen LogP contribution is 2.32. The normalized spacial score (nSPS) is 11.7. The van der Waals surface area contributed by atoms with Gasteiger partial charge in [-0.25, -0.2) is 9.36 Å². The second-order valence-electron chi connectivity index (χ2n) is 6.86. The Hall–Kier alpha value is -2.07. The SMILES string of the molecule is Cc1ccccc1-c1cc2cc(Br)ccc2n1C(=O)OC(C)(C)C. The Morgan fingerprint density at radius 1 is 1.08 bits per heavy atom. The summed E-state index contributed by atoms with van der Waals surface area (Å²) in [5.74, 6) is 0. The van der Waals surface area contributed by atoms with Crippen LogP contribution in [0.4, 0.5) is 4.79 Å². The third kappa shape index (κ3) is 3.24. The molecule has 0 fully saturated rings. The van der Waals surface area contributed by atoms with Gasteiger partial charge in [-0.2, -0.15) is 0 Å². The first-order valence-corrected chi connectivity index (χ1v) is 8.66. The van der Waals surface area contributed by atoms with Gasteiger partial charge in [0.25, 0.3) is 0 Å². The van der Waals surface area contributed by atoms with Crippen molar-refractivity contribution < 1.29 is 9.53 Å². The number of nitrogens with zero attached hydrogens (tertiary/aromatic N) is 1. The van der Waals surface area contributed by atoms with Gasteiger partial charge in [-0.05, 0) is 57.5 Å². The van der Waals surface area contributed by atoms with Crippen LogP contribution < -0.4 is 0 Å². The highest BCUT2D eigenvalue weighted by atomic mass is 79.9. The summed E-state index contributed by atoms with van der Waals surface area (Å²) in [5, 5.41) is 0.994. The Morgan fingerprint density at radius 2 is 1.79 bits per heavy atom. The summed E-state index contributed by atoms with van der Waals surface area (Å²) in [6, 6.07) is 16.0. The molecule has 0 saturated heterocycles. The second-order valence-corrected chi connectivity index (χ2v) is 7.78. The fourth-order valence-electron chi connectivity index (χ4n) is 2.75. The smallest absolute Gasteiger partial charge is 0.419 e. The summed E-state index contributed by atoms with van der Waals surface area (Å²) >= 11 is 3.50. The van der Waals surface area contributed by atoms with E-state index in [1.807, 2.05) is 76.2 Å².